The second kappa shape index (κ2) is 13.3. The van der Waals surface area contributed by atoms with Crippen LogP contribution in [0.15, 0.2) is 0 Å². The molecule has 0 aromatic rings. The number of rotatable bonds is 13. The molecule has 0 spiro atoms. The van der Waals surface area contributed by atoms with Crippen molar-refractivity contribution in [1.82, 2.24) is 0 Å². The van der Waals surface area contributed by atoms with Gasteiger partial charge in [0.15, 0.2) is 6.29 Å². The van der Waals surface area contributed by atoms with Crippen LogP contribution < -0.4 is 0 Å². The summed E-state index contributed by atoms with van der Waals surface area (Å²) in [6, 6.07) is 0. The van der Waals surface area contributed by atoms with Crippen LogP contribution in [0.25, 0.3) is 0 Å². The summed E-state index contributed by atoms with van der Waals surface area (Å²) >= 11 is 0. The van der Waals surface area contributed by atoms with Crippen molar-refractivity contribution < 1.29 is 14.2 Å². The first-order chi connectivity index (χ1) is 8.74. The van der Waals surface area contributed by atoms with Crippen molar-refractivity contribution in [3.63, 3.8) is 0 Å². The SMILES string of the molecule is CCCCCCCCCC(C)OCC(OC)OC. The fraction of sp³-hybridized carbons (Fsp3) is 1.00. The lowest BCUT2D eigenvalue weighted by molar-refractivity contribution is -0.150. The van der Waals surface area contributed by atoms with Gasteiger partial charge in [0.05, 0.1) is 12.7 Å². The zero-order chi connectivity index (χ0) is 13.6. The Morgan fingerprint density at radius 2 is 1.39 bits per heavy atom. The summed E-state index contributed by atoms with van der Waals surface area (Å²) in [4.78, 5) is 0. The zero-order valence-corrected chi connectivity index (χ0v) is 12.7. The molecule has 18 heavy (non-hydrogen) atoms. The third-order valence-corrected chi connectivity index (χ3v) is 3.26. The lowest BCUT2D eigenvalue weighted by atomic mass is 10.1. The minimum atomic E-state index is -0.235. The normalized spacial score (nSPS) is 13.2. The van der Waals surface area contributed by atoms with E-state index in [0.29, 0.717) is 12.7 Å². The Morgan fingerprint density at radius 3 is 1.94 bits per heavy atom. The van der Waals surface area contributed by atoms with Crippen molar-refractivity contribution >= 4 is 0 Å². The molecule has 0 radical (unpaired) electrons. The molecule has 1 atom stereocenters. The molecule has 0 N–H and O–H groups in total. The predicted molar refractivity (Wildman–Crippen MR) is 75.8 cm³/mol. The van der Waals surface area contributed by atoms with Crippen molar-refractivity contribution in [1.29, 1.82) is 0 Å². The fourth-order valence-electron chi connectivity index (χ4n) is 1.95. The maximum Gasteiger partial charge on any atom is 0.180 e. The minimum absolute atomic E-state index is 0.235. The monoisotopic (exact) mass is 260 g/mol. The molecule has 0 aromatic carbocycles. The Balaban J connectivity index is 3.28. The van der Waals surface area contributed by atoms with Gasteiger partial charge in [-0.05, 0) is 13.3 Å². The van der Waals surface area contributed by atoms with Crippen LogP contribution in [-0.2, 0) is 14.2 Å². The molecule has 1 unspecified atom stereocenters. The Labute approximate surface area is 113 Å². The maximum absolute atomic E-state index is 5.68. The highest BCUT2D eigenvalue weighted by molar-refractivity contribution is 4.53. The molecule has 0 heterocycles. The van der Waals surface area contributed by atoms with Crippen LogP contribution in [0.4, 0.5) is 0 Å². The molecule has 0 aliphatic rings. The smallest absolute Gasteiger partial charge is 0.180 e. The zero-order valence-electron chi connectivity index (χ0n) is 12.7. The standard InChI is InChI=1S/C15H32O3/c1-5-6-7-8-9-10-11-12-14(2)18-13-15(16-3)17-4/h14-15H,5-13H2,1-4H3. The van der Waals surface area contributed by atoms with Gasteiger partial charge in [0.25, 0.3) is 0 Å². The third kappa shape index (κ3) is 11.0. The number of unbranched alkanes of at least 4 members (excludes halogenated alkanes) is 6. The Morgan fingerprint density at radius 1 is 0.833 bits per heavy atom. The van der Waals surface area contributed by atoms with E-state index in [9.17, 15) is 0 Å². The minimum Gasteiger partial charge on any atom is -0.373 e. The number of hydrogen-bond donors (Lipinski definition) is 0. The van der Waals surface area contributed by atoms with Crippen LogP contribution in [0.5, 0.6) is 0 Å². The van der Waals surface area contributed by atoms with E-state index in [-0.39, 0.29) is 6.29 Å². The Bertz CT molecular complexity index is 158. The van der Waals surface area contributed by atoms with E-state index >= 15 is 0 Å². The second-order valence-electron chi connectivity index (χ2n) is 4.95. The summed E-state index contributed by atoms with van der Waals surface area (Å²) in [6.07, 6.45) is 10.6. The van der Waals surface area contributed by atoms with Crippen LogP contribution in [0.2, 0.25) is 0 Å². The summed E-state index contributed by atoms with van der Waals surface area (Å²) in [5.41, 5.74) is 0. The third-order valence-electron chi connectivity index (χ3n) is 3.26. The summed E-state index contributed by atoms with van der Waals surface area (Å²) in [6.45, 7) is 4.90. The molecular weight excluding hydrogens is 228 g/mol. The van der Waals surface area contributed by atoms with Gasteiger partial charge in [-0.3, -0.25) is 0 Å². The van der Waals surface area contributed by atoms with E-state index in [1.54, 1.807) is 14.2 Å². The van der Waals surface area contributed by atoms with Crippen LogP contribution >= 0.6 is 0 Å². The first-order valence-corrected chi connectivity index (χ1v) is 7.41. The van der Waals surface area contributed by atoms with E-state index in [0.717, 1.165) is 6.42 Å². The molecule has 0 saturated carbocycles. The number of hydrogen-bond acceptors (Lipinski definition) is 3. The van der Waals surface area contributed by atoms with Crippen molar-refractivity contribution in [2.75, 3.05) is 20.8 Å². The lowest BCUT2D eigenvalue weighted by Gasteiger charge is -2.17. The number of ether oxygens (including phenoxy) is 3. The molecule has 0 fully saturated rings. The van der Waals surface area contributed by atoms with E-state index < -0.39 is 0 Å². The van der Waals surface area contributed by atoms with Gasteiger partial charge in [-0.2, -0.15) is 0 Å². The van der Waals surface area contributed by atoms with Gasteiger partial charge >= 0.3 is 0 Å². The van der Waals surface area contributed by atoms with Crippen molar-refractivity contribution in [2.45, 2.75) is 77.6 Å². The summed E-state index contributed by atoms with van der Waals surface area (Å²) in [5, 5.41) is 0. The number of methoxy groups -OCH3 is 2. The molecule has 0 aliphatic carbocycles. The van der Waals surface area contributed by atoms with Gasteiger partial charge in [0, 0.05) is 14.2 Å². The van der Waals surface area contributed by atoms with Gasteiger partial charge < -0.3 is 14.2 Å². The van der Waals surface area contributed by atoms with Gasteiger partial charge in [-0.15, -0.1) is 0 Å². The molecule has 0 aromatic heterocycles. The van der Waals surface area contributed by atoms with Crippen LogP contribution in [0.1, 0.15) is 65.2 Å². The van der Waals surface area contributed by atoms with Crippen molar-refractivity contribution in [3.8, 4) is 0 Å². The van der Waals surface area contributed by atoms with Gasteiger partial charge in [-0.1, -0.05) is 51.9 Å². The fourth-order valence-corrected chi connectivity index (χ4v) is 1.95. The van der Waals surface area contributed by atoms with E-state index in [2.05, 4.69) is 13.8 Å². The average molecular weight is 260 g/mol. The highest BCUT2D eigenvalue weighted by Crippen LogP contribution is 2.11. The summed E-state index contributed by atoms with van der Waals surface area (Å²) < 4.78 is 15.8. The molecule has 0 bridgehead atoms. The highest BCUT2D eigenvalue weighted by atomic mass is 16.7. The second-order valence-corrected chi connectivity index (χ2v) is 4.95. The predicted octanol–water partition coefficient (Wildman–Crippen LogP) is 4.15. The first-order valence-electron chi connectivity index (χ1n) is 7.41. The van der Waals surface area contributed by atoms with Crippen molar-refractivity contribution in [3.05, 3.63) is 0 Å². The molecule has 0 rings (SSSR count). The largest absolute Gasteiger partial charge is 0.373 e. The van der Waals surface area contributed by atoms with Crippen LogP contribution in [0, 0.1) is 0 Å². The summed E-state index contributed by atoms with van der Waals surface area (Å²) in [7, 11) is 3.27. The Hall–Kier alpha value is -0.120. The topological polar surface area (TPSA) is 27.7 Å². The molecular formula is C15H32O3. The van der Waals surface area contributed by atoms with Crippen molar-refractivity contribution in [2.24, 2.45) is 0 Å². The lowest BCUT2D eigenvalue weighted by Crippen LogP contribution is -2.23. The first kappa shape index (κ1) is 17.9. The van der Waals surface area contributed by atoms with E-state index in [1.165, 1.54) is 44.9 Å². The molecule has 3 heteroatoms. The quantitative estimate of drug-likeness (QED) is 0.368. The molecule has 0 amide bonds. The van der Waals surface area contributed by atoms with E-state index in [1.807, 2.05) is 0 Å². The Kier molecular flexibility index (Phi) is 13.2. The van der Waals surface area contributed by atoms with Gasteiger partial charge in [0.1, 0.15) is 0 Å². The van der Waals surface area contributed by atoms with Gasteiger partial charge in [0.2, 0.25) is 0 Å². The summed E-state index contributed by atoms with van der Waals surface area (Å²) in [5.74, 6) is 0. The molecule has 0 saturated heterocycles. The van der Waals surface area contributed by atoms with Crippen LogP contribution in [0.3, 0.4) is 0 Å². The van der Waals surface area contributed by atoms with Gasteiger partial charge in [-0.25, -0.2) is 0 Å². The van der Waals surface area contributed by atoms with E-state index in [4.69, 9.17) is 14.2 Å². The maximum atomic E-state index is 5.68. The molecule has 110 valence electrons. The average Bonchev–Trinajstić information content (AvgIpc) is 2.39. The molecule has 3 nitrogen and oxygen atoms in total. The van der Waals surface area contributed by atoms with Crippen LogP contribution in [-0.4, -0.2) is 33.2 Å². The highest BCUT2D eigenvalue weighted by Gasteiger charge is 2.08. The molecule has 0 aliphatic heterocycles.